The molecular formula is C24H25N5O4S. The Kier molecular flexibility index (Phi) is 5.24. The summed E-state index contributed by atoms with van der Waals surface area (Å²) in [6.45, 7) is 3.78. The molecule has 2 aliphatic heterocycles. The van der Waals surface area contributed by atoms with Crippen LogP contribution in [0.1, 0.15) is 55.5 Å². The second-order valence-electron chi connectivity index (χ2n) is 8.90. The monoisotopic (exact) mass is 479 g/mol. The van der Waals surface area contributed by atoms with Crippen LogP contribution in [0, 0.1) is 6.92 Å². The van der Waals surface area contributed by atoms with E-state index in [2.05, 4.69) is 10.3 Å². The Morgan fingerprint density at radius 3 is 2.88 bits per heavy atom. The van der Waals surface area contributed by atoms with Gasteiger partial charge in [0.05, 0.1) is 17.7 Å². The number of nitrogens with zero attached hydrogens (tertiary/aromatic N) is 4. The van der Waals surface area contributed by atoms with Gasteiger partial charge in [0.15, 0.2) is 17.2 Å². The first-order valence-electron chi connectivity index (χ1n) is 11.5. The lowest BCUT2D eigenvalue weighted by molar-refractivity contribution is 0.0730. The minimum atomic E-state index is -0.149. The number of nitrogens with one attached hydrogen (secondary N) is 1. The molecule has 0 saturated heterocycles. The second kappa shape index (κ2) is 8.43. The molecule has 0 radical (unpaired) electrons. The van der Waals surface area contributed by atoms with E-state index < -0.39 is 0 Å². The summed E-state index contributed by atoms with van der Waals surface area (Å²) in [7, 11) is 0. The fraction of sp³-hybridized carbons (Fsp3) is 0.417. The fourth-order valence-electron chi connectivity index (χ4n) is 4.50. The Morgan fingerprint density at radius 2 is 2.09 bits per heavy atom. The molecule has 9 nitrogen and oxygen atoms in total. The number of benzene rings is 1. The predicted molar refractivity (Wildman–Crippen MR) is 124 cm³/mol. The van der Waals surface area contributed by atoms with E-state index in [1.54, 1.807) is 34.4 Å². The molecule has 1 aromatic carbocycles. The lowest BCUT2D eigenvalue weighted by atomic mass is 10.0. The lowest BCUT2D eigenvalue weighted by Gasteiger charge is -2.28. The van der Waals surface area contributed by atoms with Gasteiger partial charge < -0.3 is 19.7 Å². The van der Waals surface area contributed by atoms with Gasteiger partial charge in [0, 0.05) is 53.7 Å². The molecule has 1 fully saturated rings. The molecule has 1 aliphatic carbocycles. The number of rotatable bonds is 6. The zero-order chi connectivity index (χ0) is 23.2. The molecule has 0 atom stereocenters. The van der Waals surface area contributed by atoms with Crippen molar-refractivity contribution < 1.29 is 19.1 Å². The van der Waals surface area contributed by atoms with E-state index in [9.17, 15) is 9.59 Å². The van der Waals surface area contributed by atoms with E-state index in [-0.39, 0.29) is 24.6 Å². The number of fused-ring (bicyclic) bond motifs is 2. The van der Waals surface area contributed by atoms with Crippen molar-refractivity contribution in [1.29, 1.82) is 0 Å². The highest BCUT2D eigenvalue weighted by Gasteiger charge is 2.33. The smallest absolute Gasteiger partial charge is 0.272 e. The number of carbonyl (C=O) groups is 2. The van der Waals surface area contributed by atoms with Crippen LogP contribution >= 0.6 is 11.3 Å². The summed E-state index contributed by atoms with van der Waals surface area (Å²) >= 11 is 1.64. The van der Waals surface area contributed by atoms with Crippen molar-refractivity contribution in [3.05, 3.63) is 56.8 Å². The maximum atomic E-state index is 13.3. The SMILES string of the molecule is Cc1ncsc1CCn1nc(C(=O)NC2CC2)c2c1CCN(C(=O)c1ccc3c(c1)OCO3)C2. The molecule has 34 heavy (non-hydrogen) atoms. The van der Waals surface area contributed by atoms with Crippen molar-refractivity contribution in [3.8, 4) is 11.5 Å². The van der Waals surface area contributed by atoms with Gasteiger partial charge in [-0.1, -0.05) is 0 Å². The summed E-state index contributed by atoms with van der Waals surface area (Å²) in [5.74, 6) is 0.989. The van der Waals surface area contributed by atoms with Gasteiger partial charge in [-0.05, 0) is 38.0 Å². The Bertz CT molecular complexity index is 1280. The zero-order valence-electron chi connectivity index (χ0n) is 18.9. The Morgan fingerprint density at radius 1 is 1.24 bits per heavy atom. The molecule has 0 spiro atoms. The number of thiazole rings is 1. The van der Waals surface area contributed by atoms with Crippen molar-refractivity contribution in [2.24, 2.45) is 0 Å². The summed E-state index contributed by atoms with van der Waals surface area (Å²) < 4.78 is 12.7. The van der Waals surface area contributed by atoms with E-state index >= 15 is 0 Å². The van der Waals surface area contributed by atoms with Crippen molar-refractivity contribution in [3.63, 3.8) is 0 Å². The summed E-state index contributed by atoms with van der Waals surface area (Å²) in [4.78, 5) is 33.7. The van der Waals surface area contributed by atoms with Gasteiger partial charge >= 0.3 is 0 Å². The molecule has 1 saturated carbocycles. The van der Waals surface area contributed by atoms with E-state index in [0.29, 0.717) is 48.8 Å². The number of ether oxygens (including phenoxy) is 2. The number of amides is 2. The van der Waals surface area contributed by atoms with Crippen molar-refractivity contribution in [1.82, 2.24) is 25.0 Å². The van der Waals surface area contributed by atoms with Crippen LogP contribution in [0.5, 0.6) is 11.5 Å². The van der Waals surface area contributed by atoms with Gasteiger partial charge in [0.2, 0.25) is 6.79 Å². The predicted octanol–water partition coefficient (Wildman–Crippen LogP) is 2.71. The van der Waals surface area contributed by atoms with Gasteiger partial charge in [0.1, 0.15) is 0 Å². The third kappa shape index (κ3) is 3.91. The normalized spacial score (nSPS) is 16.4. The van der Waals surface area contributed by atoms with Crippen LogP contribution in [-0.4, -0.2) is 50.9 Å². The Hall–Kier alpha value is -3.40. The van der Waals surface area contributed by atoms with E-state index in [1.165, 1.54) is 4.88 Å². The average Bonchev–Trinajstić information content (AvgIpc) is 3.22. The number of hydrogen-bond donors (Lipinski definition) is 1. The molecule has 6 rings (SSSR count). The molecular weight excluding hydrogens is 454 g/mol. The topological polar surface area (TPSA) is 98.6 Å². The Balaban J connectivity index is 1.26. The highest BCUT2D eigenvalue weighted by molar-refractivity contribution is 7.09. The zero-order valence-corrected chi connectivity index (χ0v) is 19.7. The van der Waals surface area contributed by atoms with Crippen LogP contribution in [-0.2, 0) is 25.9 Å². The van der Waals surface area contributed by atoms with Crippen molar-refractivity contribution in [2.45, 2.75) is 51.7 Å². The molecule has 3 aliphatic rings. The third-order valence-electron chi connectivity index (χ3n) is 6.56. The van der Waals surface area contributed by atoms with Gasteiger partial charge in [-0.25, -0.2) is 4.98 Å². The minimum absolute atomic E-state index is 0.0921. The van der Waals surface area contributed by atoms with Crippen LogP contribution in [0.3, 0.4) is 0 Å². The average molecular weight is 480 g/mol. The fourth-order valence-corrected chi connectivity index (χ4v) is 5.27. The molecule has 2 amide bonds. The summed E-state index contributed by atoms with van der Waals surface area (Å²) in [6.07, 6.45) is 3.48. The maximum Gasteiger partial charge on any atom is 0.272 e. The van der Waals surface area contributed by atoms with Crippen LogP contribution in [0.2, 0.25) is 0 Å². The van der Waals surface area contributed by atoms with Crippen molar-refractivity contribution >= 4 is 23.2 Å². The van der Waals surface area contributed by atoms with Gasteiger partial charge in [-0.2, -0.15) is 5.10 Å². The number of hydrogen-bond acceptors (Lipinski definition) is 7. The quantitative estimate of drug-likeness (QED) is 0.584. The first-order valence-corrected chi connectivity index (χ1v) is 12.4. The van der Waals surface area contributed by atoms with E-state index in [1.807, 2.05) is 17.1 Å². The van der Waals surface area contributed by atoms with Crippen LogP contribution in [0.25, 0.3) is 0 Å². The molecule has 3 aromatic rings. The highest BCUT2D eigenvalue weighted by atomic mass is 32.1. The summed E-state index contributed by atoms with van der Waals surface area (Å²) in [6, 6.07) is 5.48. The maximum absolute atomic E-state index is 13.3. The number of carbonyl (C=O) groups excluding carboxylic acids is 2. The van der Waals surface area contributed by atoms with Gasteiger partial charge in [-0.3, -0.25) is 14.3 Å². The summed E-state index contributed by atoms with van der Waals surface area (Å²) in [5.41, 5.74) is 5.77. The van der Waals surface area contributed by atoms with Gasteiger partial charge in [-0.15, -0.1) is 11.3 Å². The largest absolute Gasteiger partial charge is 0.454 e. The third-order valence-corrected chi connectivity index (χ3v) is 7.56. The highest BCUT2D eigenvalue weighted by Crippen LogP contribution is 2.33. The molecule has 4 heterocycles. The first kappa shape index (κ1) is 21.2. The van der Waals surface area contributed by atoms with Crippen LogP contribution in [0.15, 0.2) is 23.7 Å². The Labute approximate surface area is 200 Å². The first-order chi connectivity index (χ1) is 16.6. The van der Waals surface area contributed by atoms with Crippen molar-refractivity contribution in [2.75, 3.05) is 13.3 Å². The second-order valence-corrected chi connectivity index (χ2v) is 9.84. The van der Waals surface area contributed by atoms with E-state index in [0.717, 1.165) is 36.2 Å². The standard InChI is InChI=1S/C24H25N5O4S/c1-14-21(34-12-25-14)7-9-29-18-6-8-28(11-17(18)22(27-29)23(30)26-16-3-4-16)24(31)15-2-5-19-20(10-15)33-13-32-19/h2,5,10,12,16H,3-4,6-9,11,13H2,1H3,(H,26,30). The minimum Gasteiger partial charge on any atom is -0.454 e. The number of aryl methyl sites for hydroxylation is 3. The van der Waals surface area contributed by atoms with Crippen LogP contribution < -0.4 is 14.8 Å². The van der Waals surface area contributed by atoms with Gasteiger partial charge in [0.25, 0.3) is 11.8 Å². The van der Waals surface area contributed by atoms with E-state index in [4.69, 9.17) is 14.6 Å². The van der Waals surface area contributed by atoms with Crippen LogP contribution in [0.4, 0.5) is 0 Å². The molecule has 176 valence electrons. The molecule has 0 unspecified atom stereocenters. The number of aromatic nitrogens is 3. The summed E-state index contributed by atoms with van der Waals surface area (Å²) in [5, 5.41) is 7.79. The molecule has 0 bridgehead atoms. The lowest BCUT2D eigenvalue weighted by Crippen LogP contribution is -2.37. The molecule has 1 N–H and O–H groups in total. The molecule has 10 heteroatoms. The molecule has 2 aromatic heterocycles.